The van der Waals surface area contributed by atoms with Crippen LogP contribution in [0.25, 0.3) is 0 Å². The van der Waals surface area contributed by atoms with E-state index in [1.165, 1.54) is 14.0 Å². The van der Waals surface area contributed by atoms with E-state index < -0.39 is 47.3 Å². The van der Waals surface area contributed by atoms with Gasteiger partial charge in [-0.05, 0) is 19.1 Å². The number of methoxy groups -OCH3 is 1. The predicted octanol–water partition coefficient (Wildman–Crippen LogP) is -0.709. The lowest BCUT2D eigenvalue weighted by Gasteiger charge is -2.47. The van der Waals surface area contributed by atoms with E-state index in [-0.39, 0.29) is 13.0 Å². The lowest BCUT2D eigenvalue weighted by atomic mass is 9.89. The Labute approximate surface area is 173 Å². The van der Waals surface area contributed by atoms with Crippen molar-refractivity contribution >= 4 is 23.6 Å². The van der Waals surface area contributed by atoms with Crippen molar-refractivity contribution in [3.05, 3.63) is 29.8 Å². The van der Waals surface area contributed by atoms with Crippen LogP contribution >= 0.6 is 11.8 Å². The van der Waals surface area contributed by atoms with Crippen molar-refractivity contribution in [1.82, 2.24) is 5.32 Å². The number of carbonyl (C=O) groups excluding carboxylic acids is 2. The molecule has 0 aromatic heterocycles. The Morgan fingerprint density at radius 3 is 2.52 bits per heavy atom. The molecular formula is C19H28N2O7S. The third kappa shape index (κ3) is 5.47. The molecule has 0 saturated carbocycles. The summed E-state index contributed by atoms with van der Waals surface area (Å²) in [6.07, 6.45) is -5.71. The van der Waals surface area contributed by atoms with Crippen LogP contribution in [0, 0.1) is 6.92 Å². The van der Waals surface area contributed by atoms with Gasteiger partial charge in [0.15, 0.2) is 0 Å². The number of rotatable bonds is 7. The van der Waals surface area contributed by atoms with Crippen molar-refractivity contribution < 1.29 is 34.4 Å². The molecule has 10 heteroatoms. The first-order valence-electron chi connectivity index (χ1n) is 9.16. The van der Waals surface area contributed by atoms with E-state index >= 15 is 0 Å². The number of nitrogens with two attached hydrogens (primary N) is 1. The molecule has 1 fully saturated rings. The van der Waals surface area contributed by atoms with Gasteiger partial charge >= 0.3 is 5.97 Å². The zero-order valence-corrected chi connectivity index (χ0v) is 17.4. The van der Waals surface area contributed by atoms with Crippen LogP contribution in [0.2, 0.25) is 0 Å². The fourth-order valence-corrected chi connectivity index (χ4v) is 4.44. The number of benzene rings is 1. The first kappa shape index (κ1) is 23.6. The monoisotopic (exact) mass is 428 g/mol. The Balaban J connectivity index is 2.44. The molecule has 1 heterocycles. The predicted molar refractivity (Wildman–Crippen MR) is 106 cm³/mol. The highest BCUT2D eigenvalue weighted by atomic mass is 32.2. The van der Waals surface area contributed by atoms with Gasteiger partial charge in [-0.1, -0.05) is 29.5 Å². The van der Waals surface area contributed by atoms with Gasteiger partial charge in [0.25, 0.3) is 0 Å². The molecule has 6 N–H and O–H groups in total. The smallest absolute Gasteiger partial charge is 0.349 e. The minimum Gasteiger partial charge on any atom is -0.466 e. The Hall–Kier alpha value is -1.69. The van der Waals surface area contributed by atoms with Gasteiger partial charge < -0.3 is 35.8 Å². The van der Waals surface area contributed by atoms with E-state index in [0.29, 0.717) is 4.90 Å². The summed E-state index contributed by atoms with van der Waals surface area (Å²) in [7, 11) is 1.19. The average molecular weight is 429 g/mol. The van der Waals surface area contributed by atoms with E-state index in [1.54, 1.807) is 12.1 Å². The van der Waals surface area contributed by atoms with E-state index in [0.717, 1.165) is 17.3 Å². The highest BCUT2D eigenvalue weighted by Crippen LogP contribution is 2.44. The van der Waals surface area contributed by atoms with Gasteiger partial charge in [0, 0.05) is 24.8 Å². The molecule has 0 radical (unpaired) electrons. The van der Waals surface area contributed by atoms with Crippen LogP contribution in [-0.2, 0) is 19.1 Å². The number of thioether (sulfide) groups is 1. The number of amides is 1. The number of ether oxygens (including phenoxy) is 2. The summed E-state index contributed by atoms with van der Waals surface area (Å²) in [6, 6.07) is 6.25. The lowest BCUT2D eigenvalue weighted by Crippen LogP contribution is -2.66. The van der Waals surface area contributed by atoms with Crippen molar-refractivity contribution in [1.29, 1.82) is 0 Å². The van der Waals surface area contributed by atoms with E-state index in [1.807, 2.05) is 19.1 Å². The summed E-state index contributed by atoms with van der Waals surface area (Å²) in [4.78, 5) is 23.3. The molecule has 29 heavy (non-hydrogen) atoms. The van der Waals surface area contributed by atoms with Crippen molar-refractivity contribution in [3.8, 4) is 0 Å². The third-order valence-corrected chi connectivity index (χ3v) is 5.98. The normalized spacial score (nSPS) is 29.0. The maximum Gasteiger partial charge on any atom is 0.349 e. The summed E-state index contributed by atoms with van der Waals surface area (Å²) in [5.41, 5.74) is 6.46. The second-order valence-corrected chi connectivity index (χ2v) is 8.37. The third-order valence-electron chi connectivity index (χ3n) is 4.72. The van der Waals surface area contributed by atoms with Crippen LogP contribution in [-0.4, -0.2) is 76.2 Å². The number of esters is 1. The van der Waals surface area contributed by atoms with Crippen LogP contribution < -0.4 is 11.1 Å². The van der Waals surface area contributed by atoms with Crippen LogP contribution in [0.3, 0.4) is 0 Å². The lowest BCUT2D eigenvalue weighted by molar-refractivity contribution is -0.204. The van der Waals surface area contributed by atoms with Crippen molar-refractivity contribution in [2.75, 3.05) is 13.7 Å². The van der Waals surface area contributed by atoms with Gasteiger partial charge in [-0.2, -0.15) is 0 Å². The second kappa shape index (κ2) is 9.88. The Morgan fingerprint density at radius 1 is 1.38 bits per heavy atom. The van der Waals surface area contributed by atoms with E-state index in [2.05, 4.69) is 5.32 Å². The van der Waals surface area contributed by atoms with Crippen LogP contribution in [0.1, 0.15) is 18.9 Å². The van der Waals surface area contributed by atoms with Gasteiger partial charge in [-0.15, -0.1) is 0 Å². The molecule has 1 saturated heterocycles. The Bertz CT molecular complexity index is 717. The number of aliphatic hydroxyl groups is 3. The summed E-state index contributed by atoms with van der Waals surface area (Å²) >= 11 is 1.03. The molecule has 1 aromatic carbocycles. The molecule has 0 bridgehead atoms. The SMILES string of the molecule is COC(=O)[C@]1(Sc2ccc(C)cc2)C[C@H](O)[C@@H](NC(C)=O)[C@H]([C@H](O)[C@H](O)CN)O1. The molecule has 0 aliphatic carbocycles. The molecule has 1 aliphatic rings. The molecule has 0 unspecified atom stereocenters. The first-order valence-corrected chi connectivity index (χ1v) is 9.98. The van der Waals surface area contributed by atoms with Gasteiger partial charge in [0.2, 0.25) is 10.8 Å². The van der Waals surface area contributed by atoms with Crippen molar-refractivity contribution in [2.45, 2.75) is 60.6 Å². The molecular weight excluding hydrogens is 400 g/mol. The zero-order chi connectivity index (χ0) is 21.8. The molecule has 2 rings (SSSR count). The summed E-state index contributed by atoms with van der Waals surface area (Å²) in [6.45, 7) is 2.89. The van der Waals surface area contributed by atoms with Gasteiger partial charge in [0.1, 0.15) is 12.2 Å². The molecule has 0 spiro atoms. The largest absolute Gasteiger partial charge is 0.466 e. The van der Waals surface area contributed by atoms with Crippen LogP contribution in [0.5, 0.6) is 0 Å². The number of aryl methyl sites for hydroxylation is 1. The van der Waals surface area contributed by atoms with Crippen molar-refractivity contribution in [2.24, 2.45) is 5.73 Å². The number of hydrogen-bond acceptors (Lipinski definition) is 9. The zero-order valence-electron chi connectivity index (χ0n) is 16.6. The van der Waals surface area contributed by atoms with Crippen molar-refractivity contribution in [3.63, 3.8) is 0 Å². The topological polar surface area (TPSA) is 151 Å². The molecule has 1 amide bonds. The minimum absolute atomic E-state index is 0.203. The Morgan fingerprint density at radius 2 is 2.00 bits per heavy atom. The van der Waals surface area contributed by atoms with Crippen LogP contribution in [0.15, 0.2) is 29.2 Å². The fourth-order valence-electron chi connectivity index (χ4n) is 3.21. The molecule has 162 valence electrons. The summed E-state index contributed by atoms with van der Waals surface area (Å²) < 4.78 is 10.9. The highest BCUT2D eigenvalue weighted by Gasteiger charge is 2.55. The first-order chi connectivity index (χ1) is 13.6. The van der Waals surface area contributed by atoms with E-state index in [4.69, 9.17) is 15.2 Å². The average Bonchev–Trinajstić information content (AvgIpc) is 2.69. The highest BCUT2D eigenvalue weighted by molar-refractivity contribution is 8.01. The summed E-state index contributed by atoms with van der Waals surface area (Å²) in [5.74, 6) is -1.23. The molecule has 6 atom stereocenters. The van der Waals surface area contributed by atoms with Gasteiger partial charge in [-0.3, -0.25) is 4.79 Å². The van der Waals surface area contributed by atoms with Gasteiger partial charge in [0.05, 0.1) is 25.4 Å². The maximum absolute atomic E-state index is 12.7. The number of aliphatic hydroxyl groups excluding tert-OH is 3. The minimum atomic E-state index is -1.70. The molecule has 1 aliphatic heterocycles. The Kier molecular flexibility index (Phi) is 8.03. The fraction of sp³-hybridized carbons (Fsp3) is 0.579. The number of hydrogen-bond donors (Lipinski definition) is 5. The molecule has 9 nitrogen and oxygen atoms in total. The quantitative estimate of drug-likeness (QED) is 0.355. The summed E-state index contributed by atoms with van der Waals surface area (Å²) in [5, 5.41) is 33.9. The maximum atomic E-state index is 12.7. The van der Waals surface area contributed by atoms with Gasteiger partial charge in [-0.25, -0.2) is 4.79 Å². The second-order valence-electron chi connectivity index (χ2n) is 7.03. The van der Waals surface area contributed by atoms with E-state index in [9.17, 15) is 24.9 Å². The molecule has 1 aromatic rings. The van der Waals surface area contributed by atoms with Crippen LogP contribution in [0.4, 0.5) is 0 Å². The number of carbonyl (C=O) groups is 2. The standard InChI is InChI=1S/C19H28N2O7S/c1-10-4-6-12(7-5-10)29-19(18(26)27-3)8-13(23)15(21-11(2)22)17(28-19)16(25)14(24)9-20/h4-7,13-17,23-25H,8-9,20H2,1-3H3,(H,21,22)/t13-,14+,15+,16+,17+,19+/m0/s1. The number of nitrogens with one attached hydrogen (secondary N) is 1.